The lowest BCUT2D eigenvalue weighted by Gasteiger charge is -2.11. The van der Waals surface area contributed by atoms with E-state index in [1.165, 1.54) is 5.56 Å². The summed E-state index contributed by atoms with van der Waals surface area (Å²) in [6.07, 6.45) is 4.16. The Balaban J connectivity index is 1.31. The fourth-order valence-electron chi connectivity index (χ4n) is 3.92. The van der Waals surface area contributed by atoms with Gasteiger partial charge in [0.15, 0.2) is 22.5 Å². The Hall–Kier alpha value is -3.78. The third kappa shape index (κ3) is 3.93. The van der Waals surface area contributed by atoms with Gasteiger partial charge in [0.2, 0.25) is 6.79 Å². The lowest BCUT2D eigenvalue weighted by atomic mass is 10.2. The molecule has 164 valence electrons. The molecule has 1 aliphatic heterocycles. The Morgan fingerprint density at radius 1 is 0.939 bits per heavy atom. The molecule has 33 heavy (non-hydrogen) atoms. The number of nitrogens with zero attached hydrogens (tertiary/aromatic N) is 5. The molecule has 8 heteroatoms. The Morgan fingerprint density at radius 3 is 2.73 bits per heavy atom. The predicted octanol–water partition coefficient (Wildman–Crippen LogP) is 4.97. The van der Waals surface area contributed by atoms with E-state index in [4.69, 9.17) is 14.5 Å². The van der Waals surface area contributed by atoms with Crippen LogP contribution in [0.5, 0.6) is 11.5 Å². The van der Waals surface area contributed by atoms with Crippen LogP contribution in [-0.2, 0) is 12.3 Å². The maximum Gasteiger partial charge on any atom is 0.231 e. The molecule has 6 rings (SSSR count). The van der Waals surface area contributed by atoms with Crippen LogP contribution < -0.4 is 9.47 Å². The molecule has 0 radical (unpaired) electrons. The number of aromatic nitrogens is 5. The van der Waals surface area contributed by atoms with Crippen molar-refractivity contribution < 1.29 is 9.47 Å². The number of hydrogen-bond acceptors (Lipinski definition) is 6. The molecule has 7 nitrogen and oxygen atoms in total. The summed E-state index contributed by atoms with van der Waals surface area (Å²) in [7, 11) is 0. The number of imidazole rings is 1. The van der Waals surface area contributed by atoms with E-state index >= 15 is 0 Å². The first kappa shape index (κ1) is 19.9. The van der Waals surface area contributed by atoms with Crippen LogP contribution in [0.2, 0.25) is 0 Å². The molecule has 0 saturated carbocycles. The number of aryl methyl sites for hydroxylation is 1. The number of hydrogen-bond donors (Lipinski definition) is 0. The van der Waals surface area contributed by atoms with Crippen molar-refractivity contribution in [2.75, 3.05) is 6.79 Å². The fraction of sp³-hybridized carbons (Fsp3) is 0.160. The normalized spacial score (nSPS) is 12.5. The lowest BCUT2D eigenvalue weighted by molar-refractivity contribution is 0.174. The highest BCUT2D eigenvalue weighted by Gasteiger charge is 2.18. The predicted molar refractivity (Wildman–Crippen MR) is 127 cm³/mol. The largest absolute Gasteiger partial charge is 0.454 e. The summed E-state index contributed by atoms with van der Waals surface area (Å²) in [4.78, 5) is 4.74. The van der Waals surface area contributed by atoms with Crippen molar-refractivity contribution in [2.45, 2.75) is 24.4 Å². The van der Waals surface area contributed by atoms with E-state index in [9.17, 15) is 0 Å². The Morgan fingerprint density at radius 2 is 1.82 bits per heavy atom. The molecule has 5 aromatic rings. The molecule has 0 amide bonds. The minimum atomic E-state index is 0.264. The highest BCUT2D eigenvalue weighted by atomic mass is 32.2. The minimum absolute atomic E-state index is 0.264. The zero-order valence-corrected chi connectivity index (χ0v) is 18.8. The first-order chi connectivity index (χ1) is 16.2. The van der Waals surface area contributed by atoms with Gasteiger partial charge in [0.05, 0.1) is 12.2 Å². The molecule has 0 saturated heterocycles. The molecule has 4 heterocycles. The van der Waals surface area contributed by atoms with E-state index in [0.29, 0.717) is 12.3 Å². The Labute approximate surface area is 195 Å². The molecule has 2 aromatic carbocycles. The average Bonchev–Trinajstić information content (AvgIpc) is 3.56. The zero-order chi connectivity index (χ0) is 22.2. The second kappa shape index (κ2) is 8.29. The topological polar surface area (TPSA) is 66.5 Å². The summed E-state index contributed by atoms with van der Waals surface area (Å²) >= 11 is 1.64. The van der Waals surface area contributed by atoms with Crippen LogP contribution in [0.15, 0.2) is 78.2 Å². The van der Waals surface area contributed by atoms with Crippen molar-refractivity contribution in [3.8, 4) is 22.9 Å². The summed E-state index contributed by atoms with van der Waals surface area (Å²) in [5.74, 6) is 3.09. The summed E-state index contributed by atoms with van der Waals surface area (Å²) in [6.45, 7) is 2.97. The van der Waals surface area contributed by atoms with Crippen LogP contribution in [0.4, 0.5) is 0 Å². The number of thioether (sulfide) groups is 1. The third-order valence-corrected chi connectivity index (χ3v) is 6.52. The van der Waals surface area contributed by atoms with E-state index in [1.807, 2.05) is 36.4 Å². The van der Waals surface area contributed by atoms with Gasteiger partial charge in [-0.1, -0.05) is 54.2 Å². The van der Waals surface area contributed by atoms with Gasteiger partial charge in [-0.3, -0.25) is 4.57 Å². The standard InChI is InChI=1S/C25H21N5O2S/c1-17-7-10-23-26-20(14-29(23)12-17)15-33-25-28-27-24(19-5-3-2-4-6-19)30(25)13-18-8-9-21-22(11-18)32-16-31-21/h2-12,14H,13,15-16H2,1H3. The number of pyridine rings is 1. The molecule has 0 aliphatic carbocycles. The molecular weight excluding hydrogens is 434 g/mol. The van der Waals surface area contributed by atoms with E-state index < -0.39 is 0 Å². The number of ether oxygens (including phenoxy) is 2. The van der Waals surface area contributed by atoms with E-state index in [-0.39, 0.29) is 6.79 Å². The molecule has 3 aromatic heterocycles. The van der Waals surface area contributed by atoms with E-state index in [0.717, 1.165) is 44.9 Å². The van der Waals surface area contributed by atoms with Gasteiger partial charge < -0.3 is 13.9 Å². The van der Waals surface area contributed by atoms with Crippen molar-refractivity contribution >= 4 is 17.4 Å². The van der Waals surface area contributed by atoms with Gasteiger partial charge in [0.25, 0.3) is 0 Å². The van der Waals surface area contributed by atoms with Crippen molar-refractivity contribution in [1.29, 1.82) is 0 Å². The van der Waals surface area contributed by atoms with Gasteiger partial charge in [-0.05, 0) is 36.2 Å². The number of fused-ring (bicyclic) bond motifs is 2. The minimum Gasteiger partial charge on any atom is -0.454 e. The highest BCUT2D eigenvalue weighted by molar-refractivity contribution is 7.98. The first-order valence-electron chi connectivity index (χ1n) is 10.7. The third-order valence-electron chi connectivity index (χ3n) is 5.52. The molecule has 0 bridgehead atoms. The Kier molecular flexibility index (Phi) is 4.99. The summed E-state index contributed by atoms with van der Waals surface area (Å²) in [6, 6.07) is 20.3. The second-order valence-corrected chi connectivity index (χ2v) is 8.88. The molecule has 0 spiro atoms. The van der Waals surface area contributed by atoms with Gasteiger partial charge in [-0.2, -0.15) is 0 Å². The van der Waals surface area contributed by atoms with Crippen molar-refractivity contribution in [3.05, 3.63) is 89.9 Å². The van der Waals surface area contributed by atoms with Crippen molar-refractivity contribution in [2.24, 2.45) is 0 Å². The van der Waals surface area contributed by atoms with Crippen LogP contribution in [0.3, 0.4) is 0 Å². The van der Waals surface area contributed by atoms with Gasteiger partial charge in [0, 0.05) is 23.7 Å². The van der Waals surface area contributed by atoms with Crippen molar-refractivity contribution in [1.82, 2.24) is 24.1 Å². The quantitative estimate of drug-likeness (QED) is 0.337. The molecular formula is C25H21N5O2S. The lowest BCUT2D eigenvalue weighted by Crippen LogP contribution is -2.04. The molecule has 0 N–H and O–H groups in total. The Bertz CT molecular complexity index is 1440. The van der Waals surface area contributed by atoms with E-state index in [2.05, 4.69) is 62.7 Å². The summed E-state index contributed by atoms with van der Waals surface area (Å²) in [5, 5.41) is 9.91. The summed E-state index contributed by atoms with van der Waals surface area (Å²) in [5.41, 5.74) is 5.28. The molecule has 1 aliphatic rings. The van der Waals surface area contributed by atoms with Crippen LogP contribution >= 0.6 is 11.8 Å². The molecule has 0 fully saturated rings. The van der Waals surface area contributed by atoms with Gasteiger partial charge in [0.1, 0.15) is 5.65 Å². The monoisotopic (exact) mass is 455 g/mol. The summed E-state index contributed by atoms with van der Waals surface area (Å²) < 4.78 is 15.2. The van der Waals surface area contributed by atoms with Crippen LogP contribution in [0.1, 0.15) is 16.8 Å². The fourth-order valence-corrected chi connectivity index (χ4v) is 4.75. The van der Waals surface area contributed by atoms with Gasteiger partial charge >= 0.3 is 0 Å². The van der Waals surface area contributed by atoms with Crippen molar-refractivity contribution in [3.63, 3.8) is 0 Å². The van der Waals surface area contributed by atoms with Gasteiger partial charge in [-0.25, -0.2) is 4.98 Å². The number of benzene rings is 2. The van der Waals surface area contributed by atoms with Crippen LogP contribution in [0.25, 0.3) is 17.0 Å². The zero-order valence-electron chi connectivity index (χ0n) is 18.0. The number of rotatable bonds is 6. The van der Waals surface area contributed by atoms with Gasteiger partial charge in [-0.15, -0.1) is 10.2 Å². The SMILES string of the molecule is Cc1ccc2nc(CSc3nnc(-c4ccccc4)n3Cc3ccc4c(c3)OCO4)cn2c1. The average molecular weight is 456 g/mol. The van der Waals surface area contributed by atoms with E-state index in [1.54, 1.807) is 11.8 Å². The van der Waals surface area contributed by atoms with Crippen LogP contribution in [-0.4, -0.2) is 30.9 Å². The first-order valence-corrected chi connectivity index (χ1v) is 11.7. The maximum absolute atomic E-state index is 5.57. The maximum atomic E-state index is 5.57. The van der Waals surface area contributed by atoms with Crippen LogP contribution in [0, 0.1) is 6.92 Å². The molecule has 0 atom stereocenters. The smallest absolute Gasteiger partial charge is 0.231 e. The highest BCUT2D eigenvalue weighted by Crippen LogP contribution is 2.34. The molecule has 0 unspecified atom stereocenters. The second-order valence-electron chi connectivity index (χ2n) is 7.94.